The maximum Gasteiger partial charge on any atom is 0.241 e. The van der Waals surface area contributed by atoms with Gasteiger partial charge in [0, 0.05) is 23.2 Å². The highest BCUT2D eigenvalue weighted by Crippen LogP contribution is 2.46. The molecular formula is C32H40N2O2S. The molecule has 0 radical (unpaired) electrons. The molecule has 1 heterocycles. The Morgan fingerprint density at radius 1 is 0.865 bits per heavy atom. The van der Waals surface area contributed by atoms with E-state index in [-0.39, 0.29) is 34.9 Å². The minimum atomic E-state index is -0.361. The van der Waals surface area contributed by atoms with E-state index in [4.69, 9.17) is 0 Å². The standard InChI is InChI=1S/C28H25NO2S.2C2H6.H3N/c1-3-21-10-7-11-25(19-21)29-27(31)26(18-20(2)30)32-28(29)24-16-14-23(15-17-24)13-12-22-8-5-4-6-9-22;2*1-2;/h4-11,14-17,19,26,28H,3,18H2,1-2H3;2*1-2H3;1H3. The van der Waals surface area contributed by atoms with Gasteiger partial charge in [0.1, 0.15) is 11.2 Å². The Kier molecular flexibility index (Phi) is 14.1. The third-order valence-corrected chi connectivity index (χ3v) is 6.87. The zero-order valence-electron chi connectivity index (χ0n) is 23.0. The van der Waals surface area contributed by atoms with Crippen molar-refractivity contribution >= 4 is 29.1 Å². The molecule has 0 spiro atoms. The number of amides is 1. The van der Waals surface area contributed by atoms with Crippen LogP contribution >= 0.6 is 11.8 Å². The normalized spacial score (nSPS) is 15.6. The van der Waals surface area contributed by atoms with Gasteiger partial charge in [-0.2, -0.15) is 0 Å². The lowest BCUT2D eigenvalue weighted by atomic mass is 10.1. The van der Waals surface area contributed by atoms with Crippen LogP contribution in [0.5, 0.6) is 0 Å². The first-order valence-electron chi connectivity index (χ1n) is 12.8. The van der Waals surface area contributed by atoms with Crippen molar-refractivity contribution in [2.45, 2.75) is 65.0 Å². The topological polar surface area (TPSA) is 72.4 Å². The summed E-state index contributed by atoms with van der Waals surface area (Å²) in [5.41, 5.74) is 4.99. The molecule has 0 saturated carbocycles. The van der Waals surface area contributed by atoms with Crippen molar-refractivity contribution in [3.63, 3.8) is 0 Å². The second-order valence-electron chi connectivity index (χ2n) is 7.85. The van der Waals surface area contributed by atoms with E-state index < -0.39 is 0 Å². The Morgan fingerprint density at radius 2 is 1.46 bits per heavy atom. The maximum atomic E-state index is 13.3. The Hall–Kier alpha value is -3.33. The van der Waals surface area contributed by atoms with Crippen LogP contribution < -0.4 is 11.1 Å². The predicted octanol–water partition coefficient (Wildman–Crippen LogP) is 7.99. The summed E-state index contributed by atoms with van der Waals surface area (Å²) in [6, 6.07) is 26.1. The van der Waals surface area contributed by atoms with Gasteiger partial charge in [0.15, 0.2) is 0 Å². The Morgan fingerprint density at radius 3 is 2.03 bits per heavy atom. The Bertz CT molecular complexity index is 1180. The van der Waals surface area contributed by atoms with Crippen LogP contribution in [0.1, 0.15) is 75.6 Å². The van der Waals surface area contributed by atoms with Gasteiger partial charge < -0.3 is 6.15 Å². The molecule has 196 valence electrons. The minimum Gasteiger partial charge on any atom is -0.344 e. The largest absolute Gasteiger partial charge is 0.344 e. The fourth-order valence-electron chi connectivity index (χ4n) is 3.76. The average Bonchev–Trinajstić information content (AvgIpc) is 3.25. The van der Waals surface area contributed by atoms with E-state index in [0.717, 1.165) is 28.8 Å². The molecule has 2 unspecified atom stereocenters. The number of benzene rings is 3. The van der Waals surface area contributed by atoms with Crippen LogP contribution in [0.2, 0.25) is 0 Å². The van der Waals surface area contributed by atoms with E-state index in [0.29, 0.717) is 0 Å². The molecule has 5 heteroatoms. The summed E-state index contributed by atoms with van der Waals surface area (Å²) < 4.78 is 0. The molecular weight excluding hydrogens is 476 g/mol. The number of carbonyl (C=O) groups excluding carboxylic acids is 2. The maximum absolute atomic E-state index is 13.3. The third kappa shape index (κ3) is 8.63. The smallest absolute Gasteiger partial charge is 0.241 e. The van der Waals surface area contributed by atoms with E-state index >= 15 is 0 Å². The van der Waals surface area contributed by atoms with Gasteiger partial charge in [-0.3, -0.25) is 14.5 Å². The summed E-state index contributed by atoms with van der Waals surface area (Å²) in [6.45, 7) is 11.6. The number of Topliss-reactive ketones (excluding diaryl/α,β-unsaturated/α-hetero) is 1. The lowest BCUT2D eigenvalue weighted by Gasteiger charge is -2.25. The van der Waals surface area contributed by atoms with Crippen LogP contribution in [0.25, 0.3) is 0 Å². The first kappa shape index (κ1) is 31.7. The van der Waals surface area contributed by atoms with E-state index in [9.17, 15) is 9.59 Å². The van der Waals surface area contributed by atoms with E-state index in [1.807, 2.05) is 99.3 Å². The first-order valence-corrected chi connectivity index (χ1v) is 13.7. The van der Waals surface area contributed by atoms with Crippen LogP contribution in [0, 0.1) is 11.8 Å². The number of nitrogens with zero attached hydrogens (tertiary/aromatic N) is 1. The van der Waals surface area contributed by atoms with Crippen molar-refractivity contribution < 1.29 is 9.59 Å². The number of rotatable bonds is 5. The van der Waals surface area contributed by atoms with Gasteiger partial charge in [0.2, 0.25) is 5.91 Å². The first-order chi connectivity index (χ1) is 17.5. The highest BCUT2D eigenvalue weighted by atomic mass is 32.2. The van der Waals surface area contributed by atoms with Gasteiger partial charge in [-0.15, -0.1) is 11.8 Å². The van der Waals surface area contributed by atoms with Gasteiger partial charge in [-0.05, 0) is 60.9 Å². The van der Waals surface area contributed by atoms with Gasteiger partial charge in [0.05, 0.1) is 5.25 Å². The van der Waals surface area contributed by atoms with Crippen molar-refractivity contribution in [2.24, 2.45) is 0 Å². The van der Waals surface area contributed by atoms with Crippen LogP contribution in [0.15, 0.2) is 78.9 Å². The third-order valence-electron chi connectivity index (χ3n) is 5.43. The fraction of sp³-hybridized carbons (Fsp3) is 0.312. The van der Waals surface area contributed by atoms with Crippen LogP contribution in [0.4, 0.5) is 5.69 Å². The number of hydrogen-bond donors (Lipinski definition) is 1. The molecule has 1 aliphatic heterocycles. The van der Waals surface area contributed by atoms with Crippen molar-refractivity contribution in [1.29, 1.82) is 0 Å². The zero-order valence-corrected chi connectivity index (χ0v) is 23.8. The van der Waals surface area contributed by atoms with Crippen molar-refractivity contribution in [3.8, 4) is 11.8 Å². The van der Waals surface area contributed by atoms with Crippen molar-refractivity contribution in [1.82, 2.24) is 6.15 Å². The number of hydrogen-bond acceptors (Lipinski definition) is 4. The SMILES string of the molecule is CC.CC.CCc1cccc(N2C(=O)C(CC(C)=O)SC2c2ccc(C#Cc3ccccc3)cc2)c1.N. The Balaban J connectivity index is 0.00000131. The molecule has 4 rings (SSSR count). The minimum absolute atomic E-state index is 0. The highest BCUT2D eigenvalue weighted by Gasteiger charge is 2.42. The average molecular weight is 517 g/mol. The van der Waals surface area contributed by atoms with Gasteiger partial charge in [0.25, 0.3) is 0 Å². The number of ketones is 1. The van der Waals surface area contributed by atoms with Crippen LogP contribution in [-0.2, 0) is 16.0 Å². The molecule has 37 heavy (non-hydrogen) atoms. The van der Waals surface area contributed by atoms with Gasteiger partial charge in [-0.1, -0.05) is 88.9 Å². The van der Waals surface area contributed by atoms with E-state index in [1.165, 1.54) is 5.56 Å². The monoisotopic (exact) mass is 516 g/mol. The fourth-order valence-corrected chi connectivity index (χ4v) is 5.29. The molecule has 1 saturated heterocycles. The zero-order chi connectivity index (χ0) is 26.5. The van der Waals surface area contributed by atoms with E-state index in [1.54, 1.807) is 18.7 Å². The molecule has 2 atom stereocenters. The summed E-state index contributed by atoms with van der Waals surface area (Å²) in [5.74, 6) is 6.40. The molecule has 4 nitrogen and oxygen atoms in total. The number of carbonyl (C=O) groups is 2. The number of thioether (sulfide) groups is 1. The summed E-state index contributed by atoms with van der Waals surface area (Å²) in [7, 11) is 0. The van der Waals surface area contributed by atoms with E-state index in [2.05, 4.69) is 30.9 Å². The summed E-state index contributed by atoms with van der Waals surface area (Å²) in [4.78, 5) is 26.9. The summed E-state index contributed by atoms with van der Waals surface area (Å²) >= 11 is 1.55. The summed E-state index contributed by atoms with van der Waals surface area (Å²) in [5, 5.41) is -0.532. The van der Waals surface area contributed by atoms with Crippen LogP contribution in [-0.4, -0.2) is 16.9 Å². The quantitative estimate of drug-likeness (QED) is 0.349. The van der Waals surface area contributed by atoms with Crippen molar-refractivity contribution in [2.75, 3.05) is 4.90 Å². The summed E-state index contributed by atoms with van der Waals surface area (Å²) in [6.07, 6.45) is 1.16. The molecule has 1 amide bonds. The molecule has 3 N–H and O–H groups in total. The lowest BCUT2D eigenvalue weighted by molar-refractivity contribution is -0.122. The lowest BCUT2D eigenvalue weighted by Crippen LogP contribution is -2.31. The Labute approximate surface area is 227 Å². The second kappa shape index (κ2) is 16.4. The molecule has 3 aromatic rings. The highest BCUT2D eigenvalue weighted by molar-refractivity contribution is 8.01. The van der Waals surface area contributed by atoms with Gasteiger partial charge in [-0.25, -0.2) is 0 Å². The molecule has 0 aliphatic carbocycles. The molecule has 0 bridgehead atoms. The second-order valence-corrected chi connectivity index (χ2v) is 9.14. The molecule has 0 aromatic heterocycles. The molecule has 3 aromatic carbocycles. The van der Waals surface area contributed by atoms with Crippen LogP contribution in [0.3, 0.4) is 0 Å². The molecule has 1 fully saturated rings. The number of aryl methyl sites for hydroxylation is 1. The number of anilines is 1. The van der Waals surface area contributed by atoms with Crippen molar-refractivity contribution in [3.05, 3.63) is 101 Å². The van der Waals surface area contributed by atoms with Gasteiger partial charge >= 0.3 is 0 Å². The molecule has 1 aliphatic rings. The predicted molar refractivity (Wildman–Crippen MR) is 159 cm³/mol.